The average Bonchev–Trinajstić information content (AvgIpc) is 3.14. The number of sulfone groups is 1. The number of benzene rings is 1. The van der Waals surface area contributed by atoms with Crippen molar-refractivity contribution in [1.82, 2.24) is 14.8 Å². The Morgan fingerprint density at radius 2 is 2.00 bits per heavy atom. The summed E-state index contributed by atoms with van der Waals surface area (Å²) in [6.07, 6.45) is 3.52. The molecule has 0 bridgehead atoms. The smallest absolute Gasteiger partial charge is 0.232 e. The molecule has 1 aliphatic heterocycles. The highest BCUT2D eigenvalue weighted by atomic mass is 35.5. The topological polar surface area (TPSA) is 68.1 Å². The summed E-state index contributed by atoms with van der Waals surface area (Å²) in [6, 6.07) is 7.53. The Morgan fingerprint density at radius 3 is 2.67 bits per heavy atom. The monoisotopic (exact) mass is 386 g/mol. The maximum absolute atomic E-state index is 11.4. The van der Waals surface area contributed by atoms with Gasteiger partial charge in [-0.1, -0.05) is 29.4 Å². The van der Waals surface area contributed by atoms with Crippen LogP contribution < -0.4 is 4.90 Å². The maximum atomic E-state index is 11.4. The molecule has 6 nitrogen and oxygen atoms in total. The molecule has 0 unspecified atom stereocenters. The number of anilines is 1. The third-order valence-electron chi connectivity index (χ3n) is 3.76. The van der Waals surface area contributed by atoms with Crippen molar-refractivity contribution >= 4 is 39.1 Å². The lowest BCUT2D eigenvalue weighted by atomic mass is 10.3. The highest BCUT2D eigenvalue weighted by Gasteiger charge is 2.22. The number of thioether (sulfide) groups is 1. The van der Waals surface area contributed by atoms with E-state index in [1.54, 1.807) is 0 Å². The lowest BCUT2D eigenvalue weighted by molar-refractivity contribution is 0.603. The van der Waals surface area contributed by atoms with Crippen LogP contribution in [0.2, 0.25) is 5.02 Å². The van der Waals surface area contributed by atoms with E-state index >= 15 is 0 Å². The molecule has 0 atom stereocenters. The zero-order valence-electron chi connectivity index (χ0n) is 13.4. The van der Waals surface area contributed by atoms with Gasteiger partial charge in [0, 0.05) is 30.1 Å². The van der Waals surface area contributed by atoms with Gasteiger partial charge >= 0.3 is 0 Å². The molecule has 0 spiro atoms. The molecule has 1 saturated heterocycles. The summed E-state index contributed by atoms with van der Waals surface area (Å²) in [5, 5.41) is 9.95. The van der Waals surface area contributed by atoms with Crippen molar-refractivity contribution < 1.29 is 8.42 Å². The van der Waals surface area contributed by atoms with Gasteiger partial charge < -0.3 is 4.90 Å². The predicted octanol–water partition coefficient (Wildman–Crippen LogP) is 2.66. The van der Waals surface area contributed by atoms with Crippen LogP contribution in [0.25, 0.3) is 5.69 Å². The van der Waals surface area contributed by atoms with Crippen LogP contribution in [-0.4, -0.2) is 54.0 Å². The Morgan fingerprint density at radius 1 is 1.25 bits per heavy atom. The van der Waals surface area contributed by atoms with Crippen molar-refractivity contribution in [2.75, 3.05) is 35.8 Å². The quantitative estimate of drug-likeness (QED) is 0.711. The molecule has 1 aliphatic rings. The summed E-state index contributed by atoms with van der Waals surface area (Å²) < 4.78 is 24.7. The number of nitrogens with zero attached hydrogens (tertiary/aromatic N) is 4. The standard InChI is InChI=1S/C15H19ClN4O2S2/c1-24(21,22)10-9-23-15-18-17-14(19-7-2-3-8-19)20(15)13-6-4-5-12(16)11-13/h4-6,11H,2-3,7-10H2,1H3. The molecule has 1 aromatic carbocycles. The van der Waals surface area contributed by atoms with Gasteiger partial charge in [-0.2, -0.15) is 0 Å². The van der Waals surface area contributed by atoms with Gasteiger partial charge in [-0.25, -0.2) is 8.42 Å². The number of aromatic nitrogens is 3. The second-order valence-corrected chi connectivity index (χ2v) is 9.53. The van der Waals surface area contributed by atoms with Gasteiger partial charge in [0.05, 0.1) is 11.4 Å². The average molecular weight is 387 g/mol. The minimum atomic E-state index is -3.00. The van der Waals surface area contributed by atoms with Crippen LogP contribution in [0.15, 0.2) is 29.4 Å². The Hall–Kier alpha value is -1.25. The van der Waals surface area contributed by atoms with E-state index in [4.69, 9.17) is 11.6 Å². The Kier molecular flexibility index (Phi) is 5.36. The predicted molar refractivity (Wildman–Crippen MR) is 98.3 cm³/mol. The van der Waals surface area contributed by atoms with Crippen molar-refractivity contribution in [2.24, 2.45) is 0 Å². The molecule has 1 aromatic heterocycles. The fourth-order valence-corrected chi connectivity index (χ4v) is 4.93. The molecule has 0 aliphatic carbocycles. The van der Waals surface area contributed by atoms with Crippen molar-refractivity contribution in [3.63, 3.8) is 0 Å². The molecule has 2 heterocycles. The molecular formula is C15H19ClN4O2S2. The summed E-state index contributed by atoms with van der Waals surface area (Å²) in [6.45, 7) is 1.90. The van der Waals surface area contributed by atoms with E-state index in [1.807, 2.05) is 28.8 Å². The largest absolute Gasteiger partial charge is 0.341 e. The summed E-state index contributed by atoms with van der Waals surface area (Å²) in [4.78, 5) is 2.20. The van der Waals surface area contributed by atoms with Gasteiger partial charge in [0.15, 0.2) is 5.16 Å². The summed E-state index contributed by atoms with van der Waals surface area (Å²) >= 11 is 7.53. The van der Waals surface area contributed by atoms with Crippen molar-refractivity contribution in [3.8, 4) is 5.69 Å². The summed E-state index contributed by atoms with van der Waals surface area (Å²) in [5.41, 5.74) is 0.885. The van der Waals surface area contributed by atoms with E-state index in [1.165, 1.54) is 18.0 Å². The van der Waals surface area contributed by atoms with Gasteiger partial charge in [0.25, 0.3) is 0 Å². The first-order valence-electron chi connectivity index (χ1n) is 7.71. The molecule has 130 valence electrons. The molecule has 2 aromatic rings. The van der Waals surface area contributed by atoms with Gasteiger partial charge in [-0.3, -0.25) is 4.57 Å². The van der Waals surface area contributed by atoms with E-state index in [0.29, 0.717) is 15.9 Å². The maximum Gasteiger partial charge on any atom is 0.232 e. The van der Waals surface area contributed by atoms with E-state index < -0.39 is 9.84 Å². The molecular weight excluding hydrogens is 368 g/mol. The number of hydrogen-bond donors (Lipinski definition) is 0. The molecule has 0 N–H and O–H groups in total. The zero-order chi connectivity index (χ0) is 17.2. The third-order valence-corrected chi connectivity index (χ3v) is 6.13. The van der Waals surface area contributed by atoms with Gasteiger partial charge in [-0.05, 0) is 31.0 Å². The van der Waals surface area contributed by atoms with Gasteiger partial charge in [-0.15, -0.1) is 10.2 Å². The summed E-state index contributed by atoms with van der Waals surface area (Å²) in [7, 11) is -3.00. The molecule has 9 heteroatoms. The second-order valence-electron chi connectivity index (χ2n) is 5.77. The molecule has 24 heavy (non-hydrogen) atoms. The lowest BCUT2D eigenvalue weighted by Crippen LogP contribution is -2.22. The molecule has 3 rings (SSSR count). The van der Waals surface area contributed by atoms with Crippen LogP contribution in [-0.2, 0) is 9.84 Å². The lowest BCUT2D eigenvalue weighted by Gasteiger charge is -2.18. The zero-order valence-corrected chi connectivity index (χ0v) is 15.7. The normalized spacial score (nSPS) is 15.2. The van der Waals surface area contributed by atoms with Crippen LogP contribution in [0.1, 0.15) is 12.8 Å². The molecule has 0 saturated carbocycles. The number of halogens is 1. The van der Waals surface area contributed by atoms with E-state index in [-0.39, 0.29) is 5.75 Å². The van der Waals surface area contributed by atoms with E-state index in [9.17, 15) is 8.42 Å². The van der Waals surface area contributed by atoms with Crippen LogP contribution in [0, 0.1) is 0 Å². The van der Waals surface area contributed by atoms with Crippen LogP contribution in [0.4, 0.5) is 5.95 Å². The number of hydrogen-bond acceptors (Lipinski definition) is 6. The summed E-state index contributed by atoms with van der Waals surface area (Å²) in [5.74, 6) is 1.34. The van der Waals surface area contributed by atoms with Crippen molar-refractivity contribution in [2.45, 2.75) is 18.0 Å². The highest BCUT2D eigenvalue weighted by molar-refractivity contribution is 8.00. The van der Waals surface area contributed by atoms with Gasteiger partial charge in [0.2, 0.25) is 5.95 Å². The third kappa shape index (κ3) is 4.23. The Bertz CT molecular complexity index is 817. The first kappa shape index (κ1) is 17.6. The highest BCUT2D eigenvalue weighted by Crippen LogP contribution is 2.29. The Balaban J connectivity index is 1.93. The van der Waals surface area contributed by atoms with Crippen molar-refractivity contribution in [1.29, 1.82) is 0 Å². The van der Waals surface area contributed by atoms with Gasteiger partial charge in [0.1, 0.15) is 9.84 Å². The SMILES string of the molecule is CS(=O)(=O)CCSc1nnc(N2CCCC2)n1-c1cccc(Cl)c1. The van der Waals surface area contributed by atoms with Crippen LogP contribution in [0.3, 0.4) is 0 Å². The Labute approximate surface area is 151 Å². The minimum absolute atomic E-state index is 0.110. The van der Waals surface area contributed by atoms with E-state index in [0.717, 1.165) is 37.6 Å². The molecule has 0 amide bonds. The minimum Gasteiger partial charge on any atom is -0.341 e. The number of rotatable bonds is 6. The van der Waals surface area contributed by atoms with E-state index in [2.05, 4.69) is 15.1 Å². The molecule has 1 fully saturated rings. The second kappa shape index (κ2) is 7.33. The van der Waals surface area contributed by atoms with Crippen LogP contribution in [0.5, 0.6) is 0 Å². The fourth-order valence-electron chi connectivity index (χ4n) is 2.60. The molecule has 0 radical (unpaired) electrons. The first-order valence-corrected chi connectivity index (χ1v) is 11.1. The first-order chi connectivity index (χ1) is 11.4. The fraction of sp³-hybridized carbons (Fsp3) is 0.467. The van der Waals surface area contributed by atoms with Crippen molar-refractivity contribution in [3.05, 3.63) is 29.3 Å². The van der Waals surface area contributed by atoms with Crippen LogP contribution >= 0.6 is 23.4 Å².